The van der Waals surface area contributed by atoms with Crippen LogP contribution in [0.4, 0.5) is 10.1 Å². The van der Waals surface area contributed by atoms with Gasteiger partial charge in [-0.15, -0.1) is 6.42 Å². The van der Waals surface area contributed by atoms with Crippen molar-refractivity contribution in [3.05, 3.63) is 59.4 Å². The highest BCUT2D eigenvalue weighted by atomic mass is 19.1. The van der Waals surface area contributed by atoms with Gasteiger partial charge in [-0.25, -0.2) is 4.39 Å². The Bertz CT molecular complexity index is 842. The van der Waals surface area contributed by atoms with Crippen molar-refractivity contribution < 1.29 is 18.6 Å². The molecule has 2 aromatic rings. The van der Waals surface area contributed by atoms with Gasteiger partial charge in [-0.05, 0) is 56.7 Å². The minimum Gasteiger partial charge on any atom is -0.485 e. The summed E-state index contributed by atoms with van der Waals surface area (Å²) in [7, 11) is 0. The van der Waals surface area contributed by atoms with Gasteiger partial charge in [0.25, 0.3) is 0 Å². The number of fused-ring (bicyclic) bond motifs is 1. The molecule has 1 heterocycles. The quantitative estimate of drug-likeness (QED) is 0.703. The molecule has 1 aliphatic heterocycles. The number of halogens is 1. The second kappa shape index (κ2) is 8.64. The molecule has 3 rings (SSSR count). The van der Waals surface area contributed by atoms with E-state index < -0.39 is 5.60 Å². The van der Waals surface area contributed by atoms with Crippen molar-refractivity contribution in [1.82, 2.24) is 0 Å². The summed E-state index contributed by atoms with van der Waals surface area (Å²) in [6.07, 6.45) is 4.77. The lowest BCUT2D eigenvalue weighted by atomic mass is 9.88. The molecule has 2 atom stereocenters. The number of ether oxygens (including phenoxy) is 3. The van der Waals surface area contributed by atoms with E-state index in [0.717, 1.165) is 22.6 Å². The van der Waals surface area contributed by atoms with E-state index in [0.29, 0.717) is 13.2 Å². The van der Waals surface area contributed by atoms with Crippen molar-refractivity contribution in [2.45, 2.75) is 45.1 Å². The highest BCUT2D eigenvalue weighted by Gasteiger charge is 2.45. The number of hydrogen-bond acceptors (Lipinski definition) is 4. The third kappa shape index (κ3) is 4.46. The van der Waals surface area contributed by atoms with Crippen molar-refractivity contribution >= 4 is 5.69 Å². The molecule has 0 saturated carbocycles. The van der Waals surface area contributed by atoms with Gasteiger partial charge in [0.15, 0.2) is 0 Å². The van der Waals surface area contributed by atoms with E-state index in [-0.39, 0.29) is 24.6 Å². The number of nitrogens with one attached hydrogen (secondary N) is 1. The van der Waals surface area contributed by atoms with Crippen molar-refractivity contribution in [3.63, 3.8) is 0 Å². The molecule has 28 heavy (non-hydrogen) atoms. The van der Waals surface area contributed by atoms with Crippen LogP contribution in [0.3, 0.4) is 0 Å². The van der Waals surface area contributed by atoms with Gasteiger partial charge >= 0.3 is 0 Å². The predicted octanol–water partition coefficient (Wildman–Crippen LogP) is 4.70. The average molecular weight is 383 g/mol. The van der Waals surface area contributed by atoms with Gasteiger partial charge in [0, 0.05) is 24.4 Å². The van der Waals surface area contributed by atoms with Crippen LogP contribution in [0.1, 0.15) is 38.0 Å². The smallest absolute Gasteiger partial charge is 0.132 e. The number of anilines is 1. The molecule has 2 unspecified atom stereocenters. The Balaban J connectivity index is 1.84. The van der Waals surface area contributed by atoms with Crippen LogP contribution in [0.15, 0.2) is 42.5 Å². The molecule has 1 N–H and O–H groups in total. The summed E-state index contributed by atoms with van der Waals surface area (Å²) in [5, 5.41) is 3.37. The summed E-state index contributed by atoms with van der Waals surface area (Å²) >= 11 is 0. The molecule has 1 aliphatic rings. The maximum absolute atomic E-state index is 13.1. The van der Waals surface area contributed by atoms with E-state index in [2.05, 4.69) is 11.2 Å². The van der Waals surface area contributed by atoms with Crippen LogP contribution in [0, 0.1) is 18.2 Å². The lowest BCUT2D eigenvalue weighted by molar-refractivity contribution is -0.154. The topological polar surface area (TPSA) is 39.7 Å². The molecule has 0 amide bonds. The standard InChI is InChI=1S/C23H26FNO3/c1-5-13-27-22-21(26-6-2)19-14-18(11-12-20(19)28-23(22,3)4)25-15-16-7-9-17(24)10-8-16/h1,7-12,14,21-22,25H,6,13,15H2,2-4H3. The van der Waals surface area contributed by atoms with Gasteiger partial charge in [-0.2, -0.15) is 0 Å². The summed E-state index contributed by atoms with van der Waals surface area (Å²) < 4.78 is 31.2. The first kappa shape index (κ1) is 20.2. The van der Waals surface area contributed by atoms with Gasteiger partial charge in [0.2, 0.25) is 0 Å². The summed E-state index contributed by atoms with van der Waals surface area (Å²) in [6.45, 7) is 7.23. The Morgan fingerprint density at radius 1 is 1.18 bits per heavy atom. The molecule has 4 nitrogen and oxygen atoms in total. The van der Waals surface area contributed by atoms with Crippen LogP contribution < -0.4 is 10.1 Å². The second-order valence-corrected chi connectivity index (χ2v) is 7.25. The fourth-order valence-electron chi connectivity index (χ4n) is 3.43. The fourth-order valence-corrected chi connectivity index (χ4v) is 3.43. The van der Waals surface area contributed by atoms with Crippen LogP contribution in [-0.4, -0.2) is 24.9 Å². The van der Waals surface area contributed by atoms with Gasteiger partial charge in [-0.3, -0.25) is 0 Å². The van der Waals surface area contributed by atoms with E-state index in [1.807, 2.05) is 39.0 Å². The number of terminal acetylenes is 1. The monoisotopic (exact) mass is 383 g/mol. The van der Waals surface area contributed by atoms with Crippen molar-refractivity contribution in [2.24, 2.45) is 0 Å². The third-order valence-corrected chi connectivity index (χ3v) is 4.75. The average Bonchev–Trinajstić information content (AvgIpc) is 2.67. The minimum absolute atomic E-state index is 0.193. The first-order valence-electron chi connectivity index (χ1n) is 9.42. The molecule has 148 valence electrons. The number of hydrogen-bond donors (Lipinski definition) is 1. The zero-order valence-electron chi connectivity index (χ0n) is 16.5. The van der Waals surface area contributed by atoms with E-state index >= 15 is 0 Å². The van der Waals surface area contributed by atoms with Crippen molar-refractivity contribution in [3.8, 4) is 18.1 Å². The molecule has 0 spiro atoms. The number of benzene rings is 2. The van der Waals surface area contributed by atoms with Gasteiger partial charge in [-0.1, -0.05) is 18.1 Å². The Morgan fingerprint density at radius 3 is 2.61 bits per heavy atom. The molecular formula is C23H26FNO3. The summed E-state index contributed by atoms with van der Waals surface area (Å²) in [5.74, 6) is 3.05. The lowest BCUT2D eigenvalue weighted by Gasteiger charge is -2.44. The van der Waals surface area contributed by atoms with Gasteiger partial charge in [0.05, 0.1) is 0 Å². The SMILES string of the molecule is C#CCOC1C(OCC)c2cc(NCc3ccc(F)cc3)ccc2OC1(C)C. The Kier molecular flexibility index (Phi) is 6.23. The highest BCUT2D eigenvalue weighted by Crippen LogP contribution is 2.44. The van der Waals surface area contributed by atoms with Crippen LogP contribution in [0.2, 0.25) is 0 Å². The van der Waals surface area contributed by atoms with E-state index in [1.54, 1.807) is 12.1 Å². The van der Waals surface area contributed by atoms with Gasteiger partial charge < -0.3 is 19.5 Å². The lowest BCUT2D eigenvalue weighted by Crippen LogP contribution is -2.51. The van der Waals surface area contributed by atoms with E-state index in [4.69, 9.17) is 20.6 Å². The van der Waals surface area contributed by atoms with Crippen LogP contribution >= 0.6 is 0 Å². The zero-order chi connectivity index (χ0) is 20.1. The first-order valence-corrected chi connectivity index (χ1v) is 9.42. The second-order valence-electron chi connectivity index (χ2n) is 7.25. The fraction of sp³-hybridized carbons (Fsp3) is 0.391. The van der Waals surface area contributed by atoms with E-state index in [1.165, 1.54) is 12.1 Å². The minimum atomic E-state index is -0.577. The van der Waals surface area contributed by atoms with E-state index in [9.17, 15) is 4.39 Å². The van der Waals surface area contributed by atoms with Crippen LogP contribution in [0.5, 0.6) is 5.75 Å². The molecule has 0 aliphatic carbocycles. The maximum Gasteiger partial charge on any atom is 0.132 e. The molecule has 0 saturated heterocycles. The molecule has 0 radical (unpaired) electrons. The normalized spacial score (nSPS) is 20.0. The predicted molar refractivity (Wildman–Crippen MR) is 108 cm³/mol. The van der Waals surface area contributed by atoms with Gasteiger partial charge in [0.1, 0.15) is 36.0 Å². The largest absolute Gasteiger partial charge is 0.485 e. The van der Waals surface area contributed by atoms with Crippen LogP contribution in [0.25, 0.3) is 0 Å². The Hall–Kier alpha value is -2.55. The Labute approximate surface area is 166 Å². The van der Waals surface area contributed by atoms with Crippen LogP contribution in [-0.2, 0) is 16.0 Å². The summed E-state index contributed by atoms with van der Waals surface area (Å²) in [4.78, 5) is 0. The molecule has 5 heteroatoms. The zero-order valence-corrected chi connectivity index (χ0v) is 16.5. The van der Waals surface area contributed by atoms with Crippen molar-refractivity contribution in [2.75, 3.05) is 18.5 Å². The third-order valence-electron chi connectivity index (χ3n) is 4.75. The summed E-state index contributed by atoms with van der Waals surface area (Å²) in [5.41, 5.74) is 2.26. The summed E-state index contributed by atoms with van der Waals surface area (Å²) in [6, 6.07) is 12.4. The molecule has 0 bridgehead atoms. The van der Waals surface area contributed by atoms with Crippen molar-refractivity contribution in [1.29, 1.82) is 0 Å². The molecule has 2 aromatic carbocycles. The molecule has 0 fully saturated rings. The Morgan fingerprint density at radius 2 is 1.93 bits per heavy atom. The number of rotatable bonds is 7. The maximum atomic E-state index is 13.1. The molecule has 0 aromatic heterocycles. The molecular weight excluding hydrogens is 357 g/mol. The first-order chi connectivity index (χ1) is 13.4. The highest BCUT2D eigenvalue weighted by molar-refractivity contribution is 5.53.